The van der Waals surface area contributed by atoms with Crippen LogP contribution < -0.4 is 0 Å². The second kappa shape index (κ2) is 4.77. The lowest BCUT2D eigenvalue weighted by molar-refractivity contribution is 0.543. The second-order valence-electron chi connectivity index (χ2n) is 2.89. The van der Waals surface area contributed by atoms with Crippen LogP contribution in [0.2, 0.25) is 0 Å². The number of benzene rings is 1. The average Bonchev–Trinajstić information content (AvgIpc) is 2.82. The molecule has 0 atom stereocenters. The van der Waals surface area contributed by atoms with E-state index in [-0.39, 0.29) is 0 Å². The number of rotatable bonds is 3. The molecule has 0 aliphatic heterocycles. The summed E-state index contributed by atoms with van der Waals surface area (Å²) in [6, 6.07) is 7.12. The first-order valence-corrected chi connectivity index (χ1v) is 4.48. The van der Waals surface area contributed by atoms with E-state index in [1.807, 2.05) is 18.2 Å². The van der Waals surface area contributed by atoms with E-state index in [2.05, 4.69) is 20.2 Å². The molecule has 2 rings (SSSR count). The van der Waals surface area contributed by atoms with Gasteiger partial charge in [0.05, 0.1) is 0 Å². The summed E-state index contributed by atoms with van der Waals surface area (Å²) in [6.07, 6.45) is 4.80. The van der Waals surface area contributed by atoms with Crippen LogP contribution in [0.1, 0.15) is 11.5 Å². The van der Waals surface area contributed by atoms with Gasteiger partial charge in [0.25, 0.3) is 0 Å². The highest BCUT2D eigenvalue weighted by Gasteiger charge is 1.92. The molecular weight excluding hydrogens is 206 g/mol. The molecule has 1 heterocycles. The van der Waals surface area contributed by atoms with E-state index in [1.165, 1.54) is 6.39 Å². The van der Waals surface area contributed by atoms with Crippen LogP contribution in [-0.4, -0.2) is 10.2 Å². The lowest BCUT2D eigenvalue weighted by atomic mass is 10.2. The summed E-state index contributed by atoms with van der Waals surface area (Å²) >= 11 is 0. The maximum absolute atomic E-state index is 8.23. The molecule has 0 bridgehead atoms. The smallest absolute Gasteiger partial charge is 0.240 e. The first kappa shape index (κ1) is 9.95. The Morgan fingerprint density at radius 3 is 2.69 bits per heavy atom. The van der Waals surface area contributed by atoms with Crippen LogP contribution in [0.4, 0.5) is 5.69 Å². The molecule has 0 saturated heterocycles. The molecular formula is C10H7N5O. The Morgan fingerprint density at radius 1 is 1.25 bits per heavy atom. The molecule has 0 amide bonds. The summed E-state index contributed by atoms with van der Waals surface area (Å²) in [6.45, 7) is 0. The molecule has 6 nitrogen and oxygen atoms in total. The number of aromatic nitrogens is 2. The molecule has 0 spiro atoms. The number of hydrogen-bond acceptors (Lipinski definition) is 4. The van der Waals surface area contributed by atoms with Crippen molar-refractivity contribution in [2.45, 2.75) is 0 Å². The van der Waals surface area contributed by atoms with Gasteiger partial charge in [0.1, 0.15) is 0 Å². The maximum atomic E-state index is 8.23. The molecule has 0 aliphatic carbocycles. The molecule has 2 aromatic rings. The van der Waals surface area contributed by atoms with E-state index < -0.39 is 0 Å². The van der Waals surface area contributed by atoms with Gasteiger partial charge in [0.2, 0.25) is 12.3 Å². The topological polar surface area (TPSA) is 87.7 Å². The molecule has 0 aliphatic rings. The molecule has 0 saturated carbocycles. The van der Waals surface area contributed by atoms with Crippen LogP contribution in [0.3, 0.4) is 0 Å². The standard InChI is InChI=1S/C10H7N5O/c11-15-13-9-4-1-8(2-5-9)3-6-10-14-12-7-16-10/h1-7H. The molecule has 0 fully saturated rings. The zero-order valence-electron chi connectivity index (χ0n) is 8.19. The van der Waals surface area contributed by atoms with Gasteiger partial charge < -0.3 is 4.42 Å². The van der Waals surface area contributed by atoms with Gasteiger partial charge in [-0.2, -0.15) is 0 Å². The van der Waals surface area contributed by atoms with Crippen LogP contribution in [0.5, 0.6) is 0 Å². The van der Waals surface area contributed by atoms with Crippen molar-refractivity contribution in [2.24, 2.45) is 5.11 Å². The minimum atomic E-state index is 0.444. The Balaban J connectivity index is 2.13. The number of nitrogens with zero attached hydrogens (tertiary/aromatic N) is 5. The monoisotopic (exact) mass is 213 g/mol. The van der Waals surface area contributed by atoms with Gasteiger partial charge in [-0.25, -0.2) is 0 Å². The van der Waals surface area contributed by atoms with Crippen molar-refractivity contribution < 1.29 is 4.42 Å². The van der Waals surface area contributed by atoms with Crippen molar-refractivity contribution in [1.29, 1.82) is 0 Å². The SMILES string of the molecule is [N-]=[N+]=Nc1ccc(C=Cc2nnco2)cc1. The number of azide groups is 1. The fourth-order valence-corrected chi connectivity index (χ4v) is 1.13. The van der Waals surface area contributed by atoms with E-state index in [1.54, 1.807) is 18.2 Å². The Hall–Kier alpha value is -2.59. The molecule has 0 N–H and O–H groups in total. The second-order valence-corrected chi connectivity index (χ2v) is 2.89. The normalized spacial score (nSPS) is 10.2. The molecule has 78 valence electrons. The number of hydrogen-bond donors (Lipinski definition) is 0. The first-order chi connectivity index (χ1) is 7.88. The fourth-order valence-electron chi connectivity index (χ4n) is 1.13. The van der Waals surface area contributed by atoms with Crippen molar-refractivity contribution in [3.8, 4) is 0 Å². The molecule has 6 heteroatoms. The third-order valence-corrected chi connectivity index (χ3v) is 1.85. The summed E-state index contributed by atoms with van der Waals surface area (Å²) in [4.78, 5) is 2.70. The highest BCUT2D eigenvalue weighted by molar-refractivity contribution is 5.66. The first-order valence-electron chi connectivity index (χ1n) is 4.48. The highest BCUT2D eigenvalue weighted by Crippen LogP contribution is 2.14. The molecule has 0 unspecified atom stereocenters. The zero-order valence-corrected chi connectivity index (χ0v) is 8.19. The predicted molar refractivity (Wildman–Crippen MR) is 58.5 cm³/mol. The van der Waals surface area contributed by atoms with E-state index in [9.17, 15) is 0 Å². The van der Waals surface area contributed by atoms with Gasteiger partial charge in [0, 0.05) is 16.7 Å². The molecule has 1 aromatic carbocycles. The van der Waals surface area contributed by atoms with Crippen LogP contribution in [-0.2, 0) is 0 Å². The summed E-state index contributed by atoms with van der Waals surface area (Å²) in [5.74, 6) is 0.444. The predicted octanol–water partition coefficient (Wildman–Crippen LogP) is 3.18. The Kier molecular flexibility index (Phi) is 2.96. The lowest BCUT2D eigenvalue weighted by Crippen LogP contribution is -1.72. The minimum absolute atomic E-state index is 0.444. The molecule has 16 heavy (non-hydrogen) atoms. The van der Waals surface area contributed by atoms with Gasteiger partial charge in [0.15, 0.2) is 0 Å². The summed E-state index contributed by atoms with van der Waals surface area (Å²) in [5, 5.41) is 10.7. The van der Waals surface area contributed by atoms with Gasteiger partial charge in [-0.3, -0.25) is 0 Å². The summed E-state index contributed by atoms with van der Waals surface area (Å²) < 4.78 is 4.94. The van der Waals surface area contributed by atoms with Crippen molar-refractivity contribution in [1.82, 2.24) is 10.2 Å². The Bertz CT molecular complexity index is 523. The van der Waals surface area contributed by atoms with Gasteiger partial charge in [-0.1, -0.05) is 29.4 Å². The highest BCUT2D eigenvalue weighted by atomic mass is 16.4. The van der Waals surface area contributed by atoms with Crippen molar-refractivity contribution >= 4 is 17.8 Å². The Labute approximate surface area is 90.9 Å². The van der Waals surface area contributed by atoms with Crippen molar-refractivity contribution in [3.63, 3.8) is 0 Å². The van der Waals surface area contributed by atoms with Gasteiger partial charge in [-0.05, 0) is 17.2 Å². The van der Waals surface area contributed by atoms with Crippen LogP contribution >= 0.6 is 0 Å². The molecule has 0 radical (unpaired) electrons. The maximum Gasteiger partial charge on any atom is 0.240 e. The summed E-state index contributed by atoms with van der Waals surface area (Å²) in [5.41, 5.74) is 9.77. The summed E-state index contributed by atoms with van der Waals surface area (Å²) in [7, 11) is 0. The quantitative estimate of drug-likeness (QED) is 0.445. The largest absolute Gasteiger partial charge is 0.424 e. The van der Waals surface area contributed by atoms with Crippen LogP contribution in [0, 0.1) is 0 Å². The van der Waals surface area contributed by atoms with Crippen LogP contribution in [0.25, 0.3) is 22.6 Å². The minimum Gasteiger partial charge on any atom is -0.424 e. The van der Waals surface area contributed by atoms with Gasteiger partial charge in [-0.15, -0.1) is 10.2 Å². The third kappa shape index (κ3) is 2.46. The van der Waals surface area contributed by atoms with Crippen molar-refractivity contribution in [3.05, 3.63) is 52.6 Å². The average molecular weight is 213 g/mol. The van der Waals surface area contributed by atoms with E-state index in [4.69, 9.17) is 9.95 Å². The fraction of sp³-hybridized carbons (Fsp3) is 0. The zero-order chi connectivity index (χ0) is 11.2. The van der Waals surface area contributed by atoms with E-state index in [0.717, 1.165) is 5.56 Å². The van der Waals surface area contributed by atoms with E-state index in [0.29, 0.717) is 11.6 Å². The lowest BCUT2D eigenvalue weighted by Gasteiger charge is -1.93. The van der Waals surface area contributed by atoms with E-state index >= 15 is 0 Å². The van der Waals surface area contributed by atoms with Crippen molar-refractivity contribution in [2.75, 3.05) is 0 Å². The Morgan fingerprint density at radius 2 is 2.06 bits per heavy atom. The van der Waals surface area contributed by atoms with Gasteiger partial charge >= 0.3 is 0 Å². The third-order valence-electron chi connectivity index (χ3n) is 1.85. The molecule has 1 aromatic heterocycles. The van der Waals surface area contributed by atoms with Crippen LogP contribution in [0.15, 0.2) is 40.2 Å².